The molecule has 0 spiro atoms. The molecule has 5 heteroatoms. The molecule has 2 aliphatic rings. The molecule has 2 fully saturated rings. The van der Waals surface area contributed by atoms with E-state index in [0.717, 1.165) is 38.2 Å². The Morgan fingerprint density at radius 2 is 2.00 bits per heavy atom. The van der Waals surface area contributed by atoms with E-state index in [2.05, 4.69) is 5.32 Å². The molecule has 2 heterocycles. The van der Waals surface area contributed by atoms with Crippen LogP contribution in [0.15, 0.2) is 30.3 Å². The molecule has 23 heavy (non-hydrogen) atoms. The summed E-state index contributed by atoms with van der Waals surface area (Å²) in [4.78, 5) is 29.1. The molecule has 1 aromatic rings. The van der Waals surface area contributed by atoms with E-state index in [0.29, 0.717) is 5.92 Å². The molecule has 2 amide bonds. The van der Waals surface area contributed by atoms with Gasteiger partial charge >= 0.3 is 0 Å². The van der Waals surface area contributed by atoms with Crippen molar-refractivity contribution in [3.05, 3.63) is 30.3 Å². The second kappa shape index (κ2) is 6.71. The number of carbonyl (C=O) groups excluding carboxylic acids is 2. The zero-order chi connectivity index (χ0) is 16.4. The molecule has 3 rings (SSSR count). The van der Waals surface area contributed by atoms with Gasteiger partial charge in [0.05, 0.1) is 0 Å². The maximum atomic E-state index is 12.9. The number of benzene rings is 1. The van der Waals surface area contributed by atoms with Gasteiger partial charge in [-0.3, -0.25) is 9.59 Å². The highest BCUT2D eigenvalue weighted by Gasteiger charge is 2.38. The van der Waals surface area contributed by atoms with Gasteiger partial charge in [-0.25, -0.2) is 0 Å². The second-order valence-electron chi connectivity index (χ2n) is 6.64. The molecule has 124 valence electrons. The van der Waals surface area contributed by atoms with Gasteiger partial charge in [0, 0.05) is 25.2 Å². The van der Waals surface area contributed by atoms with E-state index in [1.165, 1.54) is 0 Å². The van der Waals surface area contributed by atoms with Gasteiger partial charge in [0.1, 0.15) is 6.04 Å². The van der Waals surface area contributed by atoms with Crippen LogP contribution in [-0.4, -0.2) is 49.4 Å². The number of nitrogens with zero attached hydrogens (tertiary/aromatic N) is 2. The number of hydrogen-bond donors (Lipinski definition) is 1. The minimum atomic E-state index is -0.341. The van der Waals surface area contributed by atoms with Crippen molar-refractivity contribution < 1.29 is 9.59 Å². The predicted octanol–water partition coefficient (Wildman–Crippen LogP) is 1.50. The normalized spacial score (nSPS) is 23.3. The number of piperidine rings is 1. The average Bonchev–Trinajstić information content (AvgIpc) is 2.53. The van der Waals surface area contributed by atoms with Crippen LogP contribution in [0.4, 0.5) is 5.69 Å². The molecule has 0 saturated carbocycles. The summed E-state index contributed by atoms with van der Waals surface area (Å²) in [6.45, 7) is 4.50. The third-order valence-electron chi connectivity index (χ3n) is 5.20. The van der Waals surface area contributed by atoms with Crippen molar-refractivity contribution in [2.45, 2.75) is 25.8 Å². The molecular formula is C18H25N3O2. The van der Waals surface area contributed by atoms with Gasteiger partial charge < -0.3 is 15.1 Å². The molecule has 0 bridgehead atoms. The Kier molecular flexibility index (Phi) is 4.66. The van der Waals surface area contributed by atoms with E-state index < -0.39 is 0 Å². The summed E-state index contributed by atoms with van der Waals surface area (Å²) in [6, 6.07) is 9.38. The van der Waals surface area contributed by atoms with E-state index in [9.17, 15) is 9.59 Å². The Balaban J connectivity index is 1.71. The fourth-order valence-corrected chi connectivity index (χ4v) is 3.42. The van der Waals surface area contributed by atoms with Crippen LogP contribution in [0.5, 0.6) is 0 Å². The fourth-order valence-electron chi connectivity index (χ4n) is 3.42. The Bertz CT molecular complexity index is 571. The Hall–Kier alpha value is -1.88. The highest BCUT2D eigenvalue weighted by atomic mass is 16.2. The topological polar surface area (TPSA) is 52.7 Å². The average molecular weight is 315 g/mol. The van der Waals surface area contributed by atoms with Crippen molar-refractivity contribution in [2.75, 3.05) is 31.6 Å². The molecular weight excluding hydrogens is 290 g/mol. The van der Waals surface area contributed by atoms with E-state index >= 15 is 0 Å². The van der Waals surface area contributed by atoms with Gasteiger partial charge in [-0.15, -0.1) is 0 Å². The summed E-state index contributed by atoms with van der Waals surface area (Å²) in [5.74, 6) is 0.497. The van der Waals surface area contributed by atoms with Crippen molar-refractivity contribution in [2.24, 2.45) is 11.8 Å². The first-order valence-corrected chi connectivity index (χ1v) is 8.43. The number of rotatable bonds is 4. The Labute approximate surface area is 137 Å². The van der Waals surface area contributed by atoms with Crippen LogP contribution < -0.4 is 10.2 Å². The minimum Gasteiger partial charge on any atom is -0.333 e. The van der Waals surface area contributed by atoms with E-state index in [-0.39, 0.29) is 23.8 Å². The summed E-state index contributed by atoms with van der Waals surface area (Å²) in [5, 5.41) is 3.21. The third-order valence-corrected chi connectivity index (χ3v) is 5.20. The standard InChI is InChI=1S/C18H25N3O2/c1-13(14-11-19-12-14)17(22)20(2)16-9-6-10-21(18(16)23)15-7-4-3-5-8-15/h3-5,7-8,13-14,16,19H,6,9-12H2,1-2H3. The van der Waals surface area contributed by atoms with Gasteiger partial charge in [0.25, 0.3) is 0 Å². The van der Waals surface area contributed by atoms with E-state index in [1.54, 1.807) is 11.9 Å². The van der Waals surface area contributed by atoms with Gasteiger partial charge in [0.15, 0.2) is 0 Å². The van der Waals surface area contributed by atoms with Crippen LogP contribution in [0, 0.1) is 11.8 Å². The lowest BCUT2D eigenvalue weighted by Crippen LogP contribution is -2.56. The van der Waals surface area contributed by atoms with Crippen LogP contribution in [0.3, 0.4) is 0 Å². The molecule has 2 saturated heterocycles. The number of hydrogen-bond acceptors (Lipinski definition) is 3. The van der Waals surface area contributed by atoms with Crippen molar-refractivity contribution in [3.63, 3.8) is 0 Å². The van der Waals surface area contributed by atoms with E-state index in [4.69, 9.17) is 0 Å². The lowest BCUT2D eigenvalue weighted by molar-refractivity contribution is -0.143. The lowest BCUT2D eigenvalue weighted by Gasteiger charge is -2.40. The van der Waals surface area contributed by atoms with Crippen molar-refractivity contribution >= 4 is 17.5 Å². The first-order valence-electron chi connectivity index (χ1n) is 8.43. The monoisotopic (exact) mass is 315 g/mol. The van der Waals surface area contributed by atoms with Crippen LogP contribution in [-0.2, 0) is 9.59 Å². The first kappa shape index (κ1) is 16.0. The van der Waals surface area contributed by atoms with Crippen molar-refractivity contribution in [1.29, 1.82) is 0 Å². The maximum Gasteiger partial charge on any atom is 0.249 e. The number of nitrogens with one attached hydrogen (secondary N) is 1. The zero-order valence-electron chi connectivity index (χ0n) is 13.9. The summed E-state index contributed by atoms with van der Waals surface area (Å²) in [6.07, 6.45) is 1.67. The van der Waals surface area contributed by atoms with Gasteiger partial charge in [-0.2, -0.15) is 0 Å². The van der Waals surface area contributed by atoms with Crippen molar-refractivity contribution in [1.82, 2.24) is 10.2 Å². The molecule has 0 aromatic heterocycles. The van der Waals surface area contributed by atoms with Gasteiger partial charge in [-0.05, 0) is 44.0 Å². The number of para-hydroxylation sites is 1. The molecule has 2 aliphatic heterocycles. The van der Waals surface area contributed by atoms with Crippen LogP contribution >= 0.6 is 0 Å². The zero-order valence-corrected chi connectivity index (χ0v) is 13.9. The van der Waals surface area contributed by atoms with Crippen LogP contribution in [0.1, 0.15) is 19.8 Å². The SMILES string of the molecule is CC(C(=O)N(C)C1CCCN(c2ccccc2)C1=O)C1CNC1. The summed E-state index contributed by atoms with van der Waals surface area (Å²) < 4.78 is 0. The molecule has 5 nitrogen and oxygen atoms in total. The maximum absolute atomic E-state index is 12.9. The largest absolute Gasteiger partial charge is 0.333 e. The Morgan fingerprint density at radius 1 is 1.30 bits per heavy atom. The summed E-state index contributed by atoms with van der Waals surface area (Å²) >= 11 is 0. The first-order chi connectivity index (χ1) is 11.1. The van der Waals surface area contributed by atoms with Gasteiger partial charge in [-0.1, -0.05) is 25.1 Å². The second-order valence-corrected chi connectivity index (χ2v) is 6.64. The fraction of sp³-hybridized carbons (Fsp3) is 0.556. The quantitative estimate of drug-likeness (QED) is 0.916. The summed E-state index contributed by atoms with van der Waals surface area (Å²) in [7, 11) is 1.78. The highest BCUT2D eigenvalue weighted by Crippen LogP contribution is 2.25. The van der Waals surface area contributed by atoms with Crippen LogP contribution in [0.2, 0.25) is 0 Å². The number of likely N-dealkylation sites (N-methyl/N-ethyl adjacent to an activating group) is 1. The Morgan fingerprint density at radius 3 is 2.61 bits per heavy atom. The van der Waals surface area contributed by atoms with E-state index in [1.807, 2.05) is 42.2 Å². The molecule has 2 atom stereocenters. The predicted molar refractivity (Wildman–Crippen MR) is 90.1 cm³/mol. The number of anilines is 1. The number of amides is 2. The molecule has 1 N–H and O–H groups in total. The minimum absolute atomic E-state index is 0.0267. The molecule has 0 radical (unpaired) electrons. The molecule has 2 unspecified atom stereocenters. The third kappa shape index (κ3) is 3.11. The van der Waals surface area contributed by atoms with Gasteiger partial charge in [0.2, 0.25) is 11.8 Å². The van der Waals surface area contributed by atoms with Crippen molar-refractivity contribution in [3.8, 4) is 0 Å². The number of carbonyl (C=O) groups is 2. The molecule has 0 aliphatic carbocycles. The highest BCUT2D eigenvalue weighted by molar-refractivity contribution is 6.00. The van der Waals surface area contributed by atoms with Crippen LogP contribution in [0.25, 0.3) is 0 Å². The summed E-state index contributed by atoms with van der Waals surface area (Å²) in [5.41, 5.74) is 0.916. The smallest absolute Gasteiger partial charge is 0.249 e. The lowest BCUT2D eigenvalue weighted by atomic mass is 9.87. The molecule has 1 aromatic carbocycles.